The highest BCUT2D eigenvalue weighted by molar-refractivity contribution is 6.35. The summed E-state index contributed by atoms with van der Waals surface area (Å²) in [5, 5.41) is 6.84. The lowest BCUT2D eigenvalue weighted by atomic mass is 10.1. The molecular weight excluding hydrogens is 425 g/mol. The van der Waals surface area contributed by atoms with Crippen molar-refractivity contribution in [2.75, 3.05) is 39.5 Å². The maximum absolute atomic E-state index is 12.3. The molecular formula is C22H27Cl2N3O3. The van der Waals surface area contributed by atoms with Gasteiger partial charge in [-0.25, -0.2) is 4.79 Å². The summed E-state index contributed by atoms with van der Waals surface area (Å²) in [7, 11) is 0. The predicted octanol–water partition coefficient (Wildman–Crippen LogP) is 4.26. The summed E-state index contributed by atoms with van der Waals surface area (Å²) in [5.74, 6) is 0.796. The molecule has 8 heteroatoms. The van der Waals surface area contributed by atoms with Gasteiger partial charge in [-0.05, 0) is 42.3 Å². The van der Waals surface area contributed by atoms with Crippen LogP contribution in [0.15, 0.2) is 42.5 Å². The number of amides is 2. The zero-order valence-corrected chi connectivity index (χ0v) is 18.5. The highest BCUT2D eigenvalue weighted by Crippen LogP contribution is 2.26. The molecule has 6 nitrogen and oxygen atoms in total. The van der Waals surface area contributed by atoms with Gasteiger partial charge in [0.05, 0.1) is 19.3 Å². The standard InChI is InChI=1S/C22H27Cl2N3O3/c1-16(20-6-5-18(23)14-21(20)24)26-22(28)25-15-17-3-2-4-19(13-17)30-12-9-27-7-10-29-11-8-27/h2-6,13-14,16H,7-12,15H2,1H3,(H2,25,26,28). The van der Waals surface area contributed by atoms with Crippen molar-refractivity contribution in [3.05, 3.63) is 63.6 Å². The largest absolute Gasteiger partial charge is 0.492 e. The Balaban J connectivity index is 1.43. The second-order valence-electron chi connectivity index (χ2n) is 7.16. The van der Waals surface area contributed by atoms with E-state index in [4.69, 9.17) is 32.7 Å². The Morgan fingerprint density at radius 3 is 2.77 bits per heavy atom. The Morgan fingerprint density at radius 2 is 2.00 bits per heavy atom. The number of hydrogen-bond acceptors (Lipinski definition) is 4. The van der Waals surface area contributed by atoms with Crippen molar-refractivity contribution in [3.63, 3.8) is 0 Å². The van der Waals surface area contributed by atoms with Gasteiger partial charge in [-0.15, -0.1) is 0 Å². The third-order valence-electron chi connectivity index (χ3n) is 4.91. The molecule has 1 saturated heterocycles. The molecule has 0 saturated carbocycles. The van der Waals surface area contributed by atoms with Gasteiger partial charge in [0.25, 0.3) is 0 Å². The molecule has 1 aliphatic rings. The minimum absolute atomic E-state index is 0.246. The number of urea groups is 1. The topological polar surface area (TPSA) is 62.8 Å². The minimum atomic E-state index is -0.271. The maximum Gasteiger partial charge on any atom is 0.315 e. The molecule has 2 aromatic rings. The van der Waals surface area contributed by atoms with Gasteiger partial charge in [0.2, 0.25) is 0 Å². The van der Waals surface area contributed by atoms with E-state index in [1.165, 1.54) is 0 Å². The van der Waals surface area contributed by atoms with Crippen molar-refractivity contribution in [1.82, 2.24) is 15.5 Å². The zero-order valence-electron chi connectivity index (χ0n) is 17.0. The Kier molecular flexibility index (Phi) is 8.63. The average Bonchev–Trinajstić information content (AvgIpc) is 2.73. The van der Waals surface area contributed by atoms with Gasteiger partial charge in [0.15, 0.2) is 0 Å². The van der Waals surface area contributed by atoms with Crippen molar-refractivity contribution in [2.24, 2.45) is 0 Å². The molecule has 162 valence electrons. The lowest BCUT2D eigenvalue weighted by Crippen LogP contribution is -2.38. The molecule has 0 spiro atoms. The van der Waals surface area contributed by atoms with Crippen molar-refractivity contribution in [3.8, 4) is 5.75 Å². The van der Waals surface area contributed by atoms with Gasteiger partial charge in [-0.1, -0.05) is 41.4 Å². The van der Waals surface area contributed by atoms with E-state index < -0.39 is 0 Å². The van der Waals surface area contributed by atoms with Gasteiger partial charge in [0, 0.05) is 36.2 Å². The zero-order chi connectivity index (χ0) is 21.3. The third kappa shape index (κ3) is 7.06. The van der Waals surface area contributed by atoms with Gasteiger partial charge in [0.1, 0.15) is 12.4 Å². The average molecular weight is 452 g/mol. The molecule has 0 aliphatic carbocycles. The maximum atomic E-state index is 12.3. The van der Waals surface area contributed by atoms with E-state index in [1.54, 1.807) is 12.1 Å². The lowest BCUT2D eigenvalue weighted by molar-refractivity contribution is 0.0322. The number of rotatable bonds is 8. The van der Waals surface area contributed by atoms with Crippen molar-refractivity contribution in [2.45, 2.75) is 19.5 Å². The minimum Gasteiger partial charge on any atom is -0.492 e. The van der Waals surface area contributed by atoms with Crippen LogP contribution in [0.25, 0.3) is 0 Å². The molecule has 1 unspecified atom stereocenters. The third-order valence-corrected chi connectivity index (χ3v) is 5.47. The van der Waals surface area contributed by atoms with Crippen molar-refractivity contribution >= 4 is 29.2 Å². The summed E-state index contributed by atoms with van der Waals surface area (Å²) in [6, 6.07) is 12.5. The molecule has 0 bridgehead atoms. The lowest BCUT2D eigenvalue weighted by Gasteiger charge is -2.26. The van der Waals surface area contributed by atoms with Crippen LogP contribution in [-0.2, 0) is 11.3 Å². The first-order valence-corrected chi connectivity index (χ1v) is 10.8. The molecule has 2 amide bonds. The number of carbonyl (C=O) groups excluding carboxylic acids is 1. The van der Waals surface area contributed by atoms with Crippen LogP contribution in [0.5, 0.6) is 5.75 Å². The Hall–Kier alpha value is -1.99. The van der Waals surface area contributed by atoms with Crippen molar-refractivity contribution in [1.29, 1.82) is 0 Å². The van der Waals surface area contributed by atoms with E-state index >= 15 is 0 Å². The molecule has 1 fully saturated rings. The van der Waals surface area contributed by atoms with E-state index in [2.05, 4.69) is 15.5 Å². The van der Waals surface area contributed by atoms with Crippen LogP contribution < -0.4 is 15.4 Å². The molecule has 0 radical (unpaired) electrons. The van der Waals surface area contributed by atoms with E-state index in [0.717, 1.165) is 49.7 Å². The first-order chi connectivity index (χ1) is 14.5. The quantitative estimate of drug-likeness (QED) is 0.628. The Labute approximate surface area is 187 Å². The van der Waals surface area contributed by atoms with E-state index in [-0.39, 0.29) is 12.1 Å². The van der Waals surface area contributed by atoms with Gasteiger partial charge in [-0.2, -0.15) is 0 Å². The molecule has 2 N–H and O–H groups in total. The first-order valence-electron chi connectivity index (χ1n) is 10.0. The number of nitrogens with zero attached hydrogens (tertiary/aromatic N) is 1. The summed E-state index contributed by atoms with van der Waals surface area (Å²) < 4.78 is 11.2. The second kappa shape index (κ2) is 11.4. The van der Waals surface area contributed by atoms with Gasteiger partial charge < -0.3 is 20.1 Å². The molecule has 1 heterocycles. The highest BCUT2D eigenvalue weighted by atomic mass is 35.5. The summed E-state index contributed by atoms with van der Waals surface area (Å²) in [6.45, 7) is 7.23. The fourth-order valence-electron chi connectivity index (χ4n) is 3.22. The van der Waals surface area contributed by atoms with Gasteiger partial charge in [-0.3, -0.25) is 4.90 Å². The van der Waals surface area contributed by atoms with E-state index in [0.29, 0.717) is 23.2 Å². The summed E-state index contributed by atoms with van der Waals surface area (Å²) >= 11 is 12.1. The number of hydrogen-bond donors (Lipinski definition) is 2. The second-order valence-corrected chi connectivity index (χ2v) is 8.01. The number of ether oxygens (including phenoxy) is 2. The SMILES string of the molecule is CC(NC(=O)NCc1cccc(OCCN2CCOCC2)c1)c1ccc(Cl)cc1Cl. The van der Waals surface area contributed by atoms with Crippen LogP contribution >= 0.6 is 23.2 Å². The van der Waals surface area contributed by atoms with Crippen LogP contribution in [-0.4, -0.2) is 50.4 Å². The summed E-state index contributed by atoms with van der Waals surface area (Å²) in [4.78, 5) is 14.6. The van der Waals surface area contributed by atoms with Crippen LogP contribution in [0.1, 0.15) is 24.1 Å². The normalized spacial score (nSPS) is 15.4. The van der Waals surface area contributed by atoms with Crippen LogP contribution in [0.2, 0.25) is 10.0 Å². The molecule has 3 rings (SSSR count). The fraction of sp³-hybridized carbons (Fsp3) is 0.409. The summed E-state index contributed by atoms with van der Waals surface area (Å²) in [6.07, 6.45) is 0. The monoisotopic (exact) mass is 451 g/mol. The molecule has 1 aliphatic heterocycles. The molecule has 0 aromatic heterocycles. The number of halogens is 2. The van der Waals surface area contributed by atoms with Crippen LogP contribution in [0.3, 0.4) is 0 Å². The number of benzene rings is 2. The number of morpholine rings is 1. The smallest absolute Gasteiger partial charge is 0.315 e. The predicted molar refractivity (Wildman–Crippen MR) is 119 cm³/mol. The number of nitrogens with one attached hydrogen (secondary N) is 2. The fourth-order valence-corrected chi connectivity index (χ4v) is 3.80. The van der Waals surface area contributed by atoms with E-state index in [1.807, 2.05) is 37.3 Å². The van der Waals surface area contributed by atoms with Gasteiger partial charge >= 0.3 is 6.03 Å². The molecule has 30 heavy (non-hydrogen) atoms. The van der Waals surface area contributed by atoms with Crippen molar-refractivity contribution < 1.29 is 14.3 Å². The molecule has 1 atom stereocenters. The summed E-state index contributed by atoms with van der Waals surface area (Å²) in [5.41, 5.74) is 1.78. The Morgan fingerprint density at radius 1 is 1.20 bits per heavy atom. The Bertz CT molecular complexity index is 844. The van der Waals surface area contributed by atoms with E-state index in [9.17, 15) is 4.79 Å². The molecule has 2 aromatic carbocycles. The van der Waals surface area contributed by atoms with Crippen LogP contribution in [0, 0.1) is 0 Å². The number of carbonyl (C=O) groups is 1. The first kappa shape index (κ1) is 22.7. The van der Waals surface area contributed by atoms with Crippen LogP contribution in [0.4, 0.5) is 4.79 Å². The highest BCUT2D eigenvalue weighted by Gasteiger charge is 2.13.